The Hall–Kier alpha value is -2.12. The van der Waals surface area contributed by atoms with Crippen molar-refractivity contribution >= 4 is 21.6 Å². The Morgan fingerprint density at radius 1 is 1.19 bits per heavy atom. The standard InChI is InChI=1S/C14H16N2O4S/c1-11(17)16-12-4-6-14(7-5-12)21(18,19)15-9-8-13-3-2-10-20-13/h2-7,10,15H,8-9H2,1H3,(H,16,17). The summed E-state index contributed by atoms with van der Waals surface area (Å²) in [7, 11) is -3.56. The molecule has 1 heterocycles. The van der Waals surface area contributed by atoms with Crippen molar-refractivity contribution in [2.75, 3.05) is 11.9 Å². The van der Waals surface area contributed by atoms with Gasteiger partial charge in [-0.15, -0.1) is 0 Å². The van der Waals surface area contributed by atoms with Crippen LogP contribution in [-0.2, 0) is 21.2 Å². The van der Waals surface area contributed by atoms with Crippen LogP contribution < -0.4 is 10.0 Å². The normalized spacial score (nSPS) is 11.3. The van der Waals surface area contributed by atoms with Crippen LogP contribution in [0.2, 0.25) is 0 Å². The molecule has 1 aromatic carbocycles. The summed E-state index contributed by atoms with van der Waals surface area (Å²) in [4.78, 5) is 11.0. The van der Waals surface area contributed by atoms with Crippen molar-refractivity contribution in [1.82, 2.24) is 4.72 Å². The topological polar surface area (TPSA) is 88.4 Å². The zero-order chi connectivity index (χ0) is 15.3. The lowest BCUT2D eigenvalue weighted by atomic mass is 10.3. The predicted molar refractivity (Wildman–Crippen MR) is 78.3 cm³/mol. The summed E-state index contributed by atoms with van der Waals surface area (Å²) in [5.41, 5.74) is 0.553. The minimum Gasteiger partial charge on any atom is -0.469 e. The van der Waals surface area contributed by atoms with Gasteiger partial charge >= 0.3 is 0 Å². The van der Waals surface area contributed by atoms with Gasteiger partial charge in [-0.2, -0.15) is 0 Å². The van der Waals surface area contributed by atoms with Crippen LogP contribution in [0, 0.1) is 0 Å². The number of nitrogens with one attached hydrogen (secondary N) is 2. The monoisotopic (exact) mass is 308 g/mol. The number of carbonyl (C=O) groups excluding carboxylic acids is 1. The van der Waals surface area contributed by atoms with Crippen LogP contribution in [0.15, 0.2) is 52.0 Å². The zero-order valence-corrected chi connectivity index (χ0v) is 12.3. The highest BCUT2D eigenvalue weighted by Crippen LogP contribution is 2.14. The van der Waals surface area contributed by atoms with Gasteiger partial charge in [-0.25, -0.2) is 13.1 Å². The molecular weight excluding hydrogens is 292 g/mol. The number of hydrogen-bond acceptors (Lipinski definition) is 4. The van der Waals surface area contributed by atoms with E-state index in [1.165, 1.54) is 19.1 Å². The first kappa shape index (κ1) is 15.3. The van der Waals surface area contributed by atoms with E-state index in [9.17, 15) is 13.2 Å². The summed E-state index contributed by atoms with van der Waals surface area (Å²) >= 11 is 0. The molecule has 0 aliphatic rings. The maximum atomic E-state index is 12.1. The SMILES string of the molecule is CC(=O)Nc1ccc(S(=O)(=O)NCCc2ccco2)cc1. The molecule has 112 valence electrons. The van der Waals surface area contributed by atoms with Crippen LogP contribution in [0.4, 0.5) is 5.69 Å². The van der Waals surface area contributed by atoms with Crippen molar-refractivity contribution in [2.24, 2.45) is 0 Å². The number of furan rings is 1. The van der Waals surface area contributed by atoms with Crippen molar-refractivity contribution in [1.29, 1.82) is 0 Å². The maximum absolute atomic E-state index is 12.1. The summed E-state index contributed by atoms with van der Waals surface area (Å²) in [6.07, 6.45) is 2.03. The van der Waals surface area contributed by atoms with Crippen molar-refractivity contribution < 1.29 is 17.6 Å². The minimum atomic E-state index is -3.56. The molecule has 6 nitrogen and oxygen atoms in total. The van der Waals surface area contributed by atoms with Crippen LogP contribution in [0.1, 0.15) is 12.7 Å². The van der Waals surface area contributed by atoms with E-state index >= 15 is 0 Å². The maximum Gasteiger partial charge on any atom is 0.240 e. The first-order valence-electron chi connectivity index (χ1n) is 6.37. The molecule has 1 amide bonds. The minimum absolute atomic E-state index is 0.149. The molecule has 0 bridgehead atoms. The third kappa shape index (κ3) is 4.44. The average molecular weight is 308 g/mol. The third-order valence-corrected chi connectivity index (χ3v) is 4.21. The molecule has 0 aliphatic carbocycles. The van der Waals surface area contributed by atoms with Crippen molar-refractivity contribution in [2.45, 2.75) is 18.2 Å². The predicted octanol–water partition coefficient (Wildman–Crippen LogP) is 1.76. The van der Waals surface area contributed by atoms with E-state index in [1.807, 2.05) is 0 Å². The number of hydrogen-bond donors (Lipinski definition) is 2. The Balaban J connectivity index is 1.96. The summed E-state index contributed by atoms with van der Waals surface area (Å²) in [6, 6.07) is 9.52. The molecule has 0 saturated heterocycles. The number of carbonyl (C=O) groups is 1. The van der Waals surface area contributed by atoms with Crippen LogP contribution in [0.25, 0.3) is 0 Å². The molecule has 21 heavy (non-hydrogen) atoms. The lowest BCUT2D eigenvalue weighted by Crippen LogP contribution is -2.25. The highest BCUT2D eigenvalue weighted by Gasteiger charge is 2.13. The van der Waals surface area contributed by atoms with E-state index in [0.29, 0.717) is 12.1 Å². The largest absolute Gasteiger partial charge is 0.469 e. The molecule has 0 aliphatic heterocycles. The second-order valence-electron chi connectivity index (χ2n) is 4.43. The number of rotatable bonds is 6. The second-order valence-corrected chi connectivity index (χ2v) is 6.20. The Morgan fingerprint density at radius 3 is 2.48 bits per heavy atom. The highest BCUT2D eigenvalue weighted by atomic mass is 32.2. The van der Waals surface area contributed by atoms with E-state index < -0.39 is 10.0 Å². The molecule has 0 fully saturated rings. The van der Waals surface area contributed by atoms with Gasteiger partial charge in [0.15, 0.2) is 0 Å². The molecule has 0 saturated carbocycles. The van der Waals surface area contributed by atoms with Gasteiger partial charge in [-0.05, 0) is 36.4 Å². The summed E-state index contributed by atoms with van der Waals surface area (Å²) in [5, 5.41) is 2.58. The van der Waals surface area contributed by atoms with Crippen molar-refractivity contribution in [3.05, 3.63) is 48.4 Å². The highest BCUT2D eigenvalue weighted by molar-refractivity contribution is 7.89. The number of sulfonamides is 1. The molecule has 2 aromatic rings. The van der Waals surface area contributed by atoms with Crippen LogP contribution in [-0.4, -0.2) is 20.9 Å². The summed E-state index contributed by atoms with van der Waals surface area (Å²) < 4.78 is 31.8. The first-order valence-corrected chi connectivity index (χ1v) is 7.85. The van der Waals surface area contributed by atoms with Gasteiger partial charge in [-0.1, -0.05) is 0 Å². The quantitative estimate of drug-likeness (QED) is 0.851. The molecular formula is C14H16N2O4S. The fourth-order valence-corrected chi connectivity index (χ4v) is 2.80. The molecule has 7 heteroatoms. The fraction of sp³-hybridized carbons (Fsp3) is 0.214. The number of amides is 1. The third-order valence-electron chi connectivity index (χ3n) is 2.73. The fourth-order valence-electron chi connectivity index (χ4n) is 1.77. The van der Waals surface area contributed by atoms with E-state index in [-0.39, 0.29) is 17.3 Å². The Labute approximate surface area is 123 Å². The van der Waals surface area contributed by atoms with Gasteiger partial charge in [0, 0.05) is 25.6 Å². The lowest BCUT2D eigenvalue weighted by Gasteiger charge is -2.07. The number of benzene rings is 1. The first-order chi connectivity index (χ1) is 9.97. The average Bonchev–Trinajstić information content (AvgIpc) is 2.91. The smallest absolute Gasteiger partial charge is 0.240 e. The Morgan fingerprint density at radius 2 is 1.90 bits per heavy atom. The molecule has 0 unspecified atom stereocenters. The van der Waals surface area contributed by atoms with Gasteiger partial charge in [0.05, 0.1) is 11.2 Å². The van der Waals surface area contributed by atoms with Gasteiger partial charge < -0.3 is 9.73 Å². The molecule has 2 rings (SSSR count). The van der Waals surface area contributed by atoms with Gasteiger partial charge in [-0.3, -0.25) is 4.79 Å². The number of anilines is 1. The molecule has 0 atom stereocenters. The molecule has 1 aromatic heterocycles. The van der Waals surface area contributed by atoms with E-state index in [0.717, 1.165) is 5.76 Å². The van der Waals surface area contributed by atoms with Crippen LogP contribution in [0.3, 0.4) is 0 Å². The second kappa shape index (κ2) is 6.55. The molecule has 0 spiro atoms. The zero-order valence-electron chi connectivity index (χ0n) is 11.5. The summed E-state index contributed by atoms with van der Waals surface area (Å²) in [6.45, 7) is 1.64. The van der Waals surface area contributed by atoms with E-state index in [1.54, 1.807) is 30.5 Å². The van der Waals surface area contributed by atoms with Gasteiger partial charge in [0.25, 0.3) is 0 Å². The van der Waals surface area contributed by atoms with Crippen molar-refractivity contribution in [3.63, 3.8) is 0 Å². The van der Waals surface area contributed by atoms with Crippen LogP contribution >= 0.6 is 0 Å². The van der Waals surface area contributed by atoms with E-state index in [4.69, 9.17) is 4.42 Å². The van der Waals surface area contributed by atoms with Gasteiger partial charge in [0.1, 0.15) is 5.76 Å². The Kier molecular flexibility index (Phi) is 4.77. The van der Waals surface area contributed by atoms with Crippen LogP contribution in [0.5, 0.6) is 0 Å². The van der Waals surface area contributed by atoms with Crippen molar-refractivity contribution in [3.8, 4) is 0 Å². The van der Waals surface area contributed by atoms with Gasteiger partial charge in [0.2, 0.25) is 15.9 Å². The molecule has 0 radical (unpaired) electrons. The Bertz CT molecular complexity index is 691. The lowest BCUT2D eigenvalue weighted by molar-refractivity contribution is -0.114. The molecule has 2 N–H and O–H groups in total. The van der Waals surface area contributed by atoms with E-state index in [2.05, 4.69) is 10.0 Å². The summed E-state index contributed by atoms with van der Waals surface area (Å²) in [5.74, 6) is 0.515.